The van der Waals surface area contributed by atoms with Gasteiger partial charge in [-0.15, -0.1) is 0 Å². The number of carbonyl (C=O) groups excluding carboxylic acids is 3. The molecule has 0 aliphatic heterocycles. The number of Topliss-reactive ketones (excluding diaryl/α,β-unsaturated/α-hetero) is 1. The number of rotatable bonds is 11. The molecule has 1 aliphatic rings. The smallest absolute Gasteiger partial charge is 0.243 e. The molecule has 0 saturated heterocycles. The van der Waals surface area contributed by atoms with Crippen LogP contribution in [0.2, 0.25) is 0 Å². The van der Waals surface area contributed by atoms with Crippen molar-refractivity contribution in [2.45, 2.75) is 58.8 Å². The number of nitrogens with one attached hydrogen (secondary N) is 1. The lowest BCUT2D eigenvalue weighted by atomic mass is 9.85. The first-order chi connectivity index (χ1) is 12.0. The van der Waals surface area contributed by atoms with Crippen LogP contribution in [0.1, 0.15) is 58.8 Å². The summed E-state index contributed by atoms with van der Waals surface area (Å²) in [6, 6.07) is 0. The predicted molar refractivity (Wildman–Crippen MR) is 96.0 cm³/mol. The average molecular weight is 358 g/mol. The number of nitrogens with two attached hydrogens (primary N) is 1. The molecule has 1 rings (SSSR count). The number of carbonyl (C=O) groups is 3. The standard InChI is InChI=1S/C9H18N2O4.C9H16O/c1-2-14-5-3-9(13)11-4-6-15-7-8(10)12;1-2-9(10)8-6-4-3-5-7-8/h2-7H2,1H3,(H2,10,12)(H,11,13);8H,2-7H2,1H3. The Kier molecular flexibility index (Phi) is 15.1. The Labute approximate surface area is 151 Å². The third-order valence-corrected chi connectivity index (χ3v) is 3.90. The van der Waals surface area contributed by atoms with Gasteiger partial charge in [-0.2, -0.15) is 0 Å². The summed E-state index contributed by atoms with van der Waals surface area (Å²) in [6.45, 7) is 5.41. The minimum absolute atomic E-state index is 0.0916. The molecule has 1 fully saturated rings. The maximum atomic E-state index is 11.2. The summed E-state index contributed by atoms with van der Waals surface area (Å²) >= 11 is 0. The van der Waals surface area contributed by atoms with E-state index in [1.165, 1.54) is 19.3 Å². The highest BCUT2D eigenvalue weighted by Gasteiger charge is 2.18. The molecule has 2 amide bonds. The predicted octanol–water partition coefficient (Wildman–Crippen LogP) is 1.58. The van der Waals surface area contributed by atoms with Crippen molar-refractivity contribution in [1.82, 2.24) is 5.32 Å². The summed E-state index contributed by atoms with van der Waals surface area (Å²) in [5.41, 5.74) is 4.85. The largest absolute Gasteiger partial charge is 0.381 e. The minimum Gasteiger partial charge on any atom is -0.381 e. The van der Waals surface area contributed by atoms with Crippen molar-refractivity contribution in [3.8, 4) is 0 Å². The van der Waals surface area contributed by atoms with Crippen molar-refractivity contribution in [2.24, 2.45) is 11.7 Å². The highest BCUT2D eigenvalue weighted by Crippen LogP contribution is 2.24. The molecule has 7 nitrogen and oxygen atoms in total. The van der Waals surface area contributed by atoms with Crippen LogP contribution in [-0.4, -0.2) is 50.6 Å². The Balaban J connectivity index is 0.000000496. The summed E-state index contributed by atoms with van der Waals surface area (Å²) in [7, 11) is 0. The van der Waals surface area contributed by atoms with E-state index in [9.17, 15) is 14.4 Å². The van der Waals surface area contributed by atoms with Gasteiger partial charge in [0.25, 0.3) is 0 Å². The van der Waals surface area contributed by atoms with E-state index in [2.05, 4.69) is 5.32 Å². The molecule has 0 heterocycles. The molecule has 7 heteroatoms. The normalized spacial score (nSPS) is 14.3. The minimum atomic E-state index is -0.516. The van der Waals surface area contributed by atoms with E-state index in [4.69, 9.17) is 15.2 Å². The van der Waals surface area contributed by atoms with Crippen LogP contribution in [0.15, 0.2) is 0 Å². The average Bonchev–Trinajstić information content (AvgIpc) is 2.62. The van der Waals surface area contributed by atoms with Crippen LogP contribution >= 0.6 is 0 Å². The molecule has 0 bridgehead atoms. The zero-order valence-electron chi connectivity index (χ0n) is 15.7. The molecule has 0 radical (unpaired) electrons. The van der Waals surface area contributed by atoms with Crippen molar-refractivity contribution in [2.75, 3.05) is 33.0 Å². The van der Waals surface area contributed by atoms with E-state index >= 15 is 0 Å². The van der Waals surface area contributed by atoms with Gasteiger partial charge in [-0.1, -0.05) is 26.2 Å². The Bertz CT molecular complexity index is 382. The molecule has 146 valence electrons. The van der Waals surface area contributed by atoms with E-state index in [0.717, 1.165) is 19.3 Å². The zero-order chi connectivity index (χ0) is 18.9. The van der Waals surface area contributed by atoms with Crippen molar-refractivity contribution >= 4 is 17.6 Å². The Morgan fingerprint density at radius 2 is 1.72 bits per heavy atom. The van der Waals surface area contributed by atoms with Crippen molar-refractivity contribution in [1.29, 1.82) is 0 Å². The van der Waals surface area contributed by atoms with Crippen LogP contribution in [0.25, 0.3) is 0 Å². The van der Waals surface area contributed by atoms with E-state index < -0.39 is 5.91 Å². The third-order valence-electron chi connectivity index (χ3n) is 3.90. The van der Waals surface area contributed by atoms with Crippen LogP contribution in [0, 0.1) is 5.92 Å². The number of ether oxygens (including phenoxy) is 2. The van der Waals surface area contributed by atoms with Gasteiger partial charge in [-0.05, 0) is 19.8 Å². The number of ketones is 1. The van der Waals surface area contributed by atoms with Crippen LogP contribution in [0.3, 0.4) is 0 Å². The van der Waals surface area contributed by atoms with Gasteiger partial charge >= 0.3 is 0 Å². The second-order valence-corrected chi connectivity index (χ2v) is 5.97. The maximum absolute atomic E-state index is 11.2. The number of amides is 2. The fourth-order valence-electron chi connectivity index (χ4n) is 2.55. The van der Waals surface area contributed by atoms with Gasteiger partial charge in [0, 0.05) is 31.9 Å². The van der Waals surface area contributed by atoms with Crippen LogP contribution < -0.4 is 11.1 Å². The monoisotopic (exact) mass is 358 g/mol. The second-order valence-electron chi connectivity index (χ2n) is 5.97. The van der Waals surface area contributed by atoms with Gasteiger partial charge in [0.15, 0.2) is 0 Å². The number of hydrogen-bond acceptors (Lipinski definition) is 5. The van der Waals surface area contributed by atoms with Crippen LogP contribution in [0.4, 0.5) is 0 Å². The zero-order valence-corrected chi connectivity index (χ0v) is 15.7. The first kappa shape index (κ1) is 23.5. The molecular formula is C18H34N2O5. The third kappa shape index (κ3) is 14.6. The summed E-state index contributed by atoms with van der Waals surface area (Å²) in [5.74, 6) is 0.308. The van der Waals surface area contributed by atoms with E-state index in [0.29, 0.717) is 37.9 Å². The van der Waals surface area contributed by atoms with E-state index in [1.54, 1.807) is 0 Å². The lowest BCUT2D eigenvalue weighted by Crippen LogP contribution is -2.29. The lowest BCUT2D eigenvalue weighted by molar-refractivity contribution is -0.124. The molecule has 0 aromatic heterocycles. The molecule has 0 aromatic carbocycles. The molecule has 0 spiro atoms. The number of primary amides is 1. The van der Waals surface area contributed by atoms with Crippen LogP contribution in [-0.2, 0) is 23.9 Å². The molecule has 25 heavy (non-hydrogen) atoms. The van der Waals surface area contributed by atoms with E-state index in [-0.39, 0.29) is 19.1 Å². The summed E-state index contributed by atoms with van der Waals surface area (Å²) in [4.78, 5) is 32.5. The van der Waals surface area contributed by atoms with Crippen LogP contribution in [0.5, 0.6) is 0 Å². The van der Waals surface area contributed by atoms with Gasteiger partial charge < -0.3 is 20.5 Å². The fourth-order valence-corrected chi connectivity index (χ4v) is 2.55. The first-order valence-electron chi connectivity index (χ1n) is 9.24. The molecular weight excluding hydrogens is 324 g/mol. The second kappa shape index (κ2) is 16.0. The molecule has 0 atom stereocenters. The van der Waals surface area contributed by atoms with Gasteiger partial charge in [-0.3, -0.25) is 14.4 Å². The van der Waals surface area contributed by atoms with Gasteiger partial charge in [0.05, 0.1) is 13.2 Å². The molecule has 1 saturated carbocycles. The highest BCUT2D eigenvalue weighted by atomic mass is 16.5. The quantitative estimate of drug-likeness (QED) is 0.545. The van der Waals surface area contributed by atoms with Gasteiger partial charge in [0.2, 0.25) is 11.8 Å². The molecule has 1 aliphatic carbocycles. The molecule has 0 unspecified atom stereocenters. The van der Waals surface area contributed by atoms with Gasteiger partial charge in [-0.25, -0.2) is 0 Å². The summed E-state index contributed by atoms with van der Waals surface area (Å²) in [6.07, 6.45) is 7.29. The number of hydrogen-bond donors (Lipinski definition) is 2. The molecule has 0 aromatic rings. The van der Waals surface area contributed by atoms with E-state index in [1.807, 2.05) is 13.8 Å². The first-order valence-corrected chi connectivity index (χ1v) is 9.24. The highest BCUT2D eigenvalue weighted by molar-refractivity contribution is 5.80. The summed E-state index contributed by atoms with van der Waals surface area (Å²) in [5, 5.41) is 2.62. The fraction of sp³-hybridized carbons (Fsp3) is 0.833. The SMILES string of the molecule is CCC(=O)C1CCCCC1.CCOCCC(=O)NCCOCC(N)=O. The Hall–Kier alpha value is -1.47. The van der Waals surface area contributed by atoms with Crippen molar-refractivity contribution < 1.29 is 23.9 Å². The van der Waals surface area contributed by atoms with Crippen molar-refractivity contribution in [3.63, 3.8) is 0 Å². The lowest BCUT2D eigenvalue weighted by Gasteiger charge is -2.19. The maximum Gasteiger partial charge on any atom is 0.243 e. The Morgan fingerprint density at radius 1 is 1.04 bits per heavy atom. The van der Waals surface area contributed by atoms with Gasteiger partial charge in [0.1, 0.15) is 12.4 Å². The molecule has 3 N–H and O–H groups in total. The van der Waals surface area contributed by atoms with Crippen molar-refractivity contribution in [3.05, 3.63) is 0 Å². The topological polar surface area (TPSA) is 108 Å². The summed E-state index contributed by atoms with van der Waals surface area (Å²) < 4.78 is 9.86. The Morgan fingerprint density at radius 3 is 2.28 bits per heavy atom.